The smallest absolute Gasteiger partial charge is 0.212 e. The fourth-order valence-electron chi connectivity index (χ4n) is 2.23. The normalized spacial score (nSPS) is 13.3. The molecule has 1 unspecified atom stereocenters. The number of alkyl halides is 1. The summed E-state index contributed by atoms with van der Waals surface area (Å²) in [6.07, 6.45) is 0.502. The lowest BCUT2D eigenvalue weighted by Gasteiger charge is -1.94. The van der Waals surface area contributed by atoms with Crippen LogP contribution in [0.4, 0.5) is 4.39 Å². The first-order valence-corrected chi connectivity index (χ1v) is 7.97. The number of halogens is 3. The van der Waals surface area contributed by atoms with Gasteiger partial charge in [-0.1, -0.05) is 34.5 Å². The lowest BCUT2D eigenvalue weighted by atomic mass is 10.2. The minimum Gasteiger partial charge on any atom is -0.454 e. The van der Waals surface area contributed by atoms with Crippen molar-refractivity contribution < 1.29 is 8.81 Å². The van der Waals surface area contributed by atoms with Gasteiger partial charge in [0.05, 0.1) is 11.2 Å². The van der Waals surface area contributed by atoms with E-state index in [0.717, 1.165) is 5.39 Å². The van der Waals surface area contributed by atoms with Crippen LogP contribution in [0.1, 0.15) is 18.1 Å². The summed E-state index contributed by atoms with van der Waals surface area (Å²) in [4.78, 5) is 4.85. The van der Waals surface area contributed by atoms with Crippen molar-refractivity contribution in [1.82, 2.24) is 14.6 Å². The van der Waals surface area contributed by atoms with E-state index in [1.165, 1.54) is 18.3 Å². The van der Waals surface area contributed by atoms with Crippen molar-refractivity contribution in [2.24, 2.45) is 0 Å². The van der Waals surface area contributed by atoms with Crippen molar-refractivity contribution >= 4 is 50.5 Å². The van der Waals surface area contributed by atoms with Gasteiger partial charge in [-0.2, -0.15) is 9.61 Å². The van der Waals surface area contributed by atoms with E-state index in [2.05, 4.69) is 10.1 Å². The zero-order valence-corrected chi connectivity index (χ0v) is 13.5. The molecule has 3 heterocycles. The Kier molecular flexibility index (Phi) is 3.14. The molecule has 0 fully saturated rings. The molecule has 4 aromatic rings. The third kappa shape index (κ3) is 2.10. The predicted molar refractivity (Wildman–Crippen MR) is 85.6 cm³/mol. The Morgan fingerprint density at radius 1 is 1.32 bits per heavy atom. The molecule has 4 rings (SSSR count). The Morgan fingerprint density at radius 2 is 2.14 bits per heavy atom. The minimum atomic E-state index is -1.14. The molecule has 22 heavy (non-hydrogen) atoms. The largest absolute Gasteiger partial charge is 0.454 e. The van der Waals surface area contributed by atoms with Crippen molar-refractivity contribution in [3.05, 3.63) is 39.4 Å². The van der Waals surface area contributed by atoms with E-state index in [4.69, 9.17) is 27.6 Å². The van der Waals surface area contributed by atoms with Crippen LogP contribution in [0, 0.1) is 0 Å². The van der Waals surface area contributed by atoms with Crippen LogP contribution in [0.5, 0.6) is 0 Å². The van der Waals surface area contributed by atoms with Crippen molar-refractivity contribution in [3.63, 3.8) is 0 Å². The molecule has 0 aliphatic heterocycles. The molecular weight excluding hydrogens is 348 g/mol. The zero-order valence-electron chi connectivity index (χ0n) is 11.2. The third-order valence-corrected chi connectivity index (χ3v) is 4.85. The summed E-state index contributed by atoms with van der Waals surface area (Å²) in [5.41, 5.74) is 1.22. The standard InChI is InChI=1S/C14H8Cl2FN3OS/c1-6(17)13-19-20-10(5-18-14(20)22-13)12-4-8-9(16)2-7(15)3-11(8)21-12/h2-6H,1H3. The Hall–Kier alpha value is -1.63. The molecule has 0 saturated heterocycles. The molecule has 0 N–H and O–H groups in total. The SMILES string of the molecule is CC(F)c1nn2c(-c3cc4c(Cl)cc(Cl)cc4o3)cnc2s1. The molecular formula is C14H8Cl2FN3OS. The first-order chi connectivity index (χ1) is 10.5. The van der Waals surface area contributed by atoms with Gasteiger partial charge in [-0.05, 0) is 19.1 Å². The van der Waals surface area contributed by atoms with Crippen LogP contribution in [0.15, 0.2) is 28.8 Å². The number of benzene rings is 1. The Balaban J connectivity index is 1.93. The van der Waals surface area contributed by atoms with Crippen molar-refractivity contribution in [3.8, 4) is 11.5 Å². The van der Waals surface area contributed by atoms with Gasteiger partial charge in [0, 0.05) is 16.5 Å². The molecule has 112 valence electrons. The molecule has 0 spiro atoms. The van der Waals surface area contributed by atoms with Crippen LogP contribution < -0.4 is 0 Å². The molecule has 4 nitrogen and oxygen atoms in total. The van der Waals surface area contributed by atoms with E-state index in [1.807, 2.05) is 0 Å². The fraction of sp³-hybridized carbons (Fsp3) is 0.143. The highest BCUT2D eigenvalue weighted by molar-refractivity contribution is 7.16. The number of nitrogens with zero attached hydrogens (tertiary/aromatic N) is 3. The topological polar surface area (TPSA) is 43.3 Å². The summed E-state index contributed by atoms with van der Waals surface area (Å²) >= 11 is 13.4. The van der Waals surface area contributed by atoms with Crippen LogP contribution in [-0.4, -0.2) is 14.6 Å². The Morgan fingerprint density at radius 3 is 2.91 bits per heavy atom. The predicted octanol–water partition coefficient (Wildman–Crippen LogP) is 5.54. The van der Waals surface area contributed by atoms with Gasteiger partial charge in [-0.25, -0.2) is 9.37 Å². The van der Waals surface area contributed by atoms with E-state index < -0.39 is 6.17 Å². The van der Waals surface area contributed by atoms with Gasteiger partial charge in [0.25, 0.3) is 0 Å². The second-order valence-electron chi connectivity index (χ2n) is 4.80. The van der Waals surface area contributed by atoms with E-state index in [1.54, 1.807) is 28.9 Å². The first-order valence-electron chi connectivity index (χ1n) is 6.40. The second kappa shape index (κ2) is 4.94. The lowest BCUT2D eigenvalue weighted by molar-refractivity contribution is 0.370. The summed E-state index contributed by atoms with van der Waals surface area (Å²) < 4.78 is 20.8. The van der Waals surface area contributed by atoms with Crippen LogP contribution in [0.25, 0.3) is 27.4 Å². The first kappa shape index (κ1) is 14.0. The van der Waals surface area contributed by atoms with E-state index in [9.17, 15) is 4.39 Å². The Bertz CT molecular complexity index is 1000. The van der Waals surface area contributed by atoms with Gasteiger partial charge in [-0.15, -0.1) is 0 Å². The molecule has 3 aromatic heterocycles. The summed E-state index contributed by atoms with van der Waals surface area (Å²) in [6, 6.07) is 5.15. The van der Waals surface area contributed by atoms with Crippen LogP contribution in [0.2, 0.25) is 10.0 Å². The van der Waals surface area contributed by atoms with Gasteiger partial charge < -0.3 is 4.42 Å². The highest BCUT2D eigenvalue weighted by atomic mass is 35.5. The van der Waals surface area contributed by atoms with Crippen molar-refractivity contribution in [2.75, 3.05) is 0 Å². The lowest BCUT2D eigenvalue weighted by Crippen LogP contribution is -1.90. The monoisotopic (exact) mass is 355 g/mol. The van der Waals surface area contributed by atoms with E-state index >= 15 is 0 Å². The average molecular weight is 356 g/mol. The molecule has 8 heteroatoms. The molecule has 0 bridgehead atoms. The van der Waals surface area contributed by atoms with Gasteiger partial charge in [0.1, 0.15) is 11.3 Å². The maximum absolute atomic E-state index is 13.4. The van der Waals surface area contributed by atoms with E-state index in [-0.39, 0.29) is 0 Å². The van der Waals surface area contributed by atoms with Gasteiger partial charge in [0.15, 0.2) is 16.9 Å². The van der Waals surface area contributed by atoms with Crippen LogP contribution in [-0.2, 0) is 0 Å². The molecule has 0 aliphatic carbocycles. The van der Waals surface area contributed by atoms with Crippen LogP contribution in [0.3, 0.4) is 0 Å². The molecule has 0 saturated carbocycles. The van der Waals surface area contributed by atoms with Gasteiger partial charge in [0.2, 0.25) is 4.96 Å². The average Bonchev–Trinajstić information content (AvgIpc) is 3.09. The molecule has 0 amide bonds. The number of fused-ring (bicyclic) bond motifs is 2. The third-order valence-electron chi connectivity index (χ3n) is 3.25. The molecule has 0 radical (unpaired) electrons. The van der Waals surface area contributed by atoms with Crippen molar-refractivity contribution in [1.29, 1.82) is 0 Å². The highest BCUT2D eigenvalue weighted by Gasteiger charge is 2.18. The number of hydrogen-bond acceptors (Lipinski definition) is 4. The summed E-state index contributed by atoms with van der Waals surface area (Å²) in [6.45, 7) is 1.45. The number of aromatic nitrogens is 3. The zero-order chi connectivity index (χ0) is 15.4. The van der Waals surface area contributed by atoms with Crippen molar-refractivity contribution in [2.45, 2.75) is 13.1 Å². The number of imidazole rings is 1. The Labute approximate surface area is 138 Å². The highest BCUT2D eigenvalue weighted by Crippen LogP contribution is 2.35. The molecule has 0 aliphatic rings. The van der Waals surface area contributed by atoms with Crippen LogP contribution >= 0.6 is 34.5 Å². The maximum atomic E-state index is 13.4. The molecule has 1 aromatic carbocycles. The quantitative estimate of drug-likeness (QED) is 0.474. The summed E-state index contributed by atoms with van der Waals surface area (Å²) in [7, 11) is 0. The maximum Gasteiger partial charge on any atom is 0.212 e. The van der Waals surface area contributed by atoms with Gasteiger partial charge >= 0.3 is 0 Å². The fourth-order valence-corrected chi connectivity index (χ4v) is 3.56. The number of hydrogen-bond donors (Lipinski definition) is 0. The summed E-state index contributed by atoms with van der Waals surface area (Å²) in [5, 5.41) is 6.38. The minimum absolute atomic E-state index is 0.376. The number of rotatable bonds is 2. The number of furan rings is 1. The summed E-state index contributed by atoms with van der Waals surface area (Å²) in [5.74, 6) is 0.551. The second-order valence-corrected chi connectivity index (χ2v) is 6.64. The molecule has 1 atom stereocenters. The van der Waals surface area contributed by atoms with Gasteiger partial charge in [-0.3, -0.25) is 0 Å². The van der Waals surface area contributed by atoms with E-state index in [0.29, 0.717) is 37.1 Å².